The Labute approximate surface area is 173 Å². The van der Waals surface area contributed by atoms with Crippen molar-refractivity contribution >= 4 is 28.4 Å². The number of ether oxygens (including phenoxy) is 2. The van der Waals surface area contributed by atoms with Crippen LogP contribution >= 0.6 is 11.3 Å². The van der Waals surface area contributed by atoms with Crippen molar-refractivity contribution < 1.29 is 19.1 Å². The lowest BCUT2D eigenvalue weighted by atomic mass is 10.2. The first kappa shape index (κ1) is 20.9. The lowest BCUT2D eigenvalue weighted by molar-refractivity contribution is 0.0927. The molecule has 2 aromatic rings. The van der Waals surface area contributed by atoms with Gasteiger partial charge in [-0.05, 0) is 24.6 Å². The molecule has 1 aromatic heterocycles. The Bertz CT molecular complexity index is 820. The normalized spacial score (nSPS) is 13.7. The molecule has 0 atom stereocenters. The Morgan fingerprint density at radius 2 is 1.97 bits per heavy atom. The number of urea groups is 1. The van der Waals surface area contributed by atoms with E-state index >= 15 is 0 Å². The van der Waals surface area contributed by atoms with Gasteiger partial charge in [-0.25, -0.2) is 15.2 Å². The van der Waals surface area contributed by atoms with Crippen LogP contribution in [0.25, 0.3) is 0 Å². The number of thiazole rings is 1. The molecular weight excluding hydrogens is 394 g/mol. The number of aromatic nitrogens is 1. The number of rotatable bonds is 6. The van der Waals surface area contributed by atoms with Gasteiger partial charge in [0, 0.05) is 32.1 Å². The summed E-state index contributed by atoms with van der Waals surface area (Å²) in [7, 11) is 1.65. The second-order valence-electron chi connectivity index (χ2n) is 6.43. The highest BCUT2D eigenvalue weighted by molar-refractivity contribution is 7.13. The van der Waals surface area contributed by atoms with Crippen LogP contribution in [0, 0.1) is 0 Å². The molecule has 3 rings (SSSR count). The summed E-state index contributed by atoms with van der Waals surface area (Å²) in [5.74, 6) is 0.332. The summed E-state index contributed by atoms with van der Waals surface area (Å²) in [6, 6.07) is 7.10. The van der Waals surface area contributed by atoms with Crippen molar-refractivity contribution in [2.24, 2.45) is 0 Å². The van der Waals surface area contributed by atoms with Crippen LogP contribution in [0.3, 0.4) is 0 Å². The summed E-state index contributed by atoms with van der Waals surface area (Å²) in [6.07, 6.45) is 0. The number of hydrogen-bond acceptors (Lipinski definition) is 7. The summed E-state index contributed by atoms with van der Waals surface area (Å²) in [5, 5.41) is 2.45. The third-order valence-electron chi connectivity index (χ3n) is 4.29. The SMILES string of the molecule is CCOc1ccc(CN(C)C(=O)NNC(=O)c2csc(N3CCOCC3)n2)cc1. The minimum atomic E-state index is -0.455. The van der Waals surface area contributed by atoms with E-state index in [-0.39, 0.29) is 5.69 Å². The smallest absolute Gasteiger partial charge is 0.336 e. The molecule has 9 nitrogen and oxygen atoms in total. The molecule has 0 aliphatic carbocycles. The van der Waals surface area contributed by atoms with Gasteiger partial charge in [0.15, 0.2) is 5.13 Å². The van der Waals surface area contributed by atoms with Crippen molar-refractivity contribution in [1.82, 2.24) is 20.7 Å². The van der Waals surface area contributed by atoms with Crippen molar-refractivity contribution in [1.29, 1.82) is 0 Å². The lowest BCUT2D eigenvalue weighted by Gasteiger charge is -2.25. The summed E-state index contributed by atoms with van der Waals surface area (Å²) < 4.78 is 10.7. The molecular formula is C19H25N5O4S. The predicted octanol–water partition coefficient (Wildman–Crippen LogP) is 1.86. The molecule has 1 aromatic carbocycles. The fourth-order valence-electron chi connectivity index (χ4n) is 2.74. The average molecular weight is 420 g/mol. The molecule has 0 radical (unpaired) electrons. The minimum Gasteiger partial charge on any atom is -0.494 e. The largest absolute Gasteiger partial charge is 0.494 e. The second-order valence-corrected chi connectivity index (χ2v) is 7.27. The van der Waals surface area contributed by atoms with E-state index < -0.39 is 11.9 Å². The number of nitrogens with zero attached hydrogens (tertiary/aromatic N) is 3. The van der Waals surface area contributed by atoms with Crippen LogP contribution in [-0.4, -0.2) is 61.8 Å². The Balaban J connectivity index is 1.46. The number of nitrogens with one attached hydrogen (secondary N) is 2. The Hall–Kier alpha value is -2.85. The highest BCUT2D eigenvalue weighted by Crippen LogP contribution is 2.21. The van der Waals surface area contributed by atoms with Crippen LogP contribution in [-0.2, 0) is 11.3 Å². The molecule has 1 aliphatic heterocycles. The first-order valence-corrected chi connectivity index (χ1v) is 10.3. The monoisotopic (exact) mass is 419 g/mol. The van der Waals surface area contributed by atoms with Crippen LogP contribution in [0.1, 0.15) is 23.0 Å². The van der Waals surface area contributed by atoms with Crippen molar-refractivity contribution in [3.05, 3.63) is 40.9 Å². The van der Waals surface area contributed by atoms with Gasteiger partial charge in [-0.15, -0.1) is 11.3 Å². The maximum atomic E-state index is 12.3. The number of benzene rings is 1. The van der Waals surface area contributed by atoms with E-state index in [1.54, 1.807) is 12.4 Å². The van der Waals surface area contributed by atoms with Gasteiger partial charge < -0.3 is 19.3 Å². The third-order valence-corrected chi connectivity index (χ3v) is 5.19. The molecule has 3 amide bonds. The predicted molar refractivity (Wildman–Crippen MR) is 110 cm³/mol. The van der Waals surface area contributed by atoms with Gasteiger partial charge in [0.2, 0.25) is 0 Å². The first-order chi connectivity index (χ1) is 14.1. The fourth-order valence-corrected chi connectivity index (χ4v) is 3.60. The zero-order valence-electron chi connectivity index (χ0n) is 16.5. The van der Waals surface area contributed by atoms with Gasteiger partial charge >= 0.3 is 6.03 Å². The number of morpholine rings is 1. The average Bonchev–Trinajstić information content (AvgIpc) is 3.24. The van der Waals surface area contributed by atoms with Gasteiger partial charge in [0.1, 0.15) is 11.4 Å². The number of amides is 3. The van der Waals surface area contributed by atoms with E-state index in [9.17, 15) is 9.59 Å². The summed E-state index contributed by atoms with van der Waals surface area (Å²) in [4.78, 5) is 32.4. The van der Waals surface area contributed by atoms with Crippen LogP contribution in [0.5, 0.6) is 5.75 Å². The van der Waals surface area contributed by atoms with E-state index in [1.165, 1.54) is 16.2 Å². The number of anilines is 1. The van der Waals surface area contributed by atoms with Gasteiger partial charge in [-0.3, -0.25) is 10.2 Å². The van der Waals surface area contributed by atoms with Gasteiger partial charge in [0.25, 0.3) is 5.91 Å². The van der Waals surface area contributed by atoms with E-state index in [1.807, 2.05) is 31.2 Å². The molecule has 0 unspecified atom stereocenters. The van der Waals surface area contributed by atoms with E-state index in [0.717, 1.165) is 29.5 Å². The summed E-state index contributed by atoms with van der Waals surface area (Å²) >= 11 is 1.40. The van der Waals surface area contributed by atoms with Crippen LogP contribution in [0.15, 0.2) is 29.6 Å². The lowest BCUT2D eigenvalue weighted by Crippen LogP contribution is -2.47. The van der Waals surface area contributed by atoms with Crippen molar-refractivity contribution in [2.75, 3.05) is 44.9 Å². The fraction of sp³-hybridized carbons (Fsp3) is 0.421. The standard InChI is InChI=1S/C19H25N5O4S/c1-3-28-15-6-4-14(5-7-15)12-23(2)18(26)22-21-17(25)16-13-29-19(20-16)24-8-10-27-11-9-24/h4-7,13H,3,8-12H2,1-2H3,(H,21,25)(H,22,26). The Morgan fingerprint density at radius 3 is 2.66 bits per heavy atom. The second kappa shape index (κ2) is 10.1. The summed E-state index contributed by atoms with van der Waals surface area (Å²) in [5.41, 5.74) is 6.04. The maximum Gasteiger partial charge on any atom is 0.336 e. The Morgan fingerprint density at radius 1 is 1.24 bits per heavy atom. The maximum absolute atomic E-state index is 12.3. The highest BCUT2D eigenvalue weighted by atomic mass is 32.1. The number of hydrazine groups is 1. The zero-order valence-corrected chi connectivity index (χ0v) is 17.3. The number of carbonyl (C=O) groups is 2. The molecule has 10 heteroatoms. The van der Waals surface area contributed by atoms with E-state index in [2.05, 4.69) is 20.7 Å². The molecule has 1 aliphatic rings. The quantitative estimate of drug-likeness (QED) is 0.694. The van der Waals surface area contributed by atoms with Gasteiger partial charge in [-0.1, -0.05) is 12.1 Å². The van der Waals surface area contributed by atoms with Gasteiger partial charge in [-0.2, -0.15) is 0 Å². The molecule has 156 valence electrons. The third kappa shape index (κ3) is 5.81. The highest BCUT2D eigenvalue weighted by Gasteiger charge is 2.18. The topological polar surface area (TPSA) is 96.0 Å². The molecule has 0 saturated carbocycles. The molecule has 1 fully saturated rings. The summed E-state index contributed by atoms with van der Waals surface area (Å²) in [6.45, 7) is 5.73. The van der Waals surface area contributed by atoms with Crippen LogP contribution < -0.4 is 20.5 Å². The van der Waals surface area contributed by atoms with Gasteiger partial charge in [0.05, 0.1) is 19.8 Å². The Kier molecular flexibility index (Phi) is 7.25. The molecule has 29 heavy (non-hydrogen) atoms. The van der Waals surface area contributed by atoms with E-state index in [0.29, 0.717) is 26.4 Å². The van der Waals surface area contributed by atoms with Crippen molar-refractivity contribution in [3.8, 4) is 5.75 Å². The van der Waals surface area contributed by atoms with Crippen LogP contribution in [0.4, 0.5) is 9.93 Å². The minimum absolute atomic E-state index is 0.269. The van der Waals surface area contributed by atoms with Crippen molar-refractivity contribution in [3.63, 3.8) is 0 Å². The molecule has 2 N–H and O–H groups in total. The zero-order chi connectivity index (χ0) is 20.6. The molecule has 0 spiro atoms. The molecule has 1 saturated heterocycles. The van der Waals surface area contributed by atoms with Crippen molar-refractivity contribution in [2.45, 2.75) is 13.5 Å². The van der Waals surface area contributed by atoms with E-state index in [4.69, 9.17) is 9.47 Å². The molecule has 2 heterocycles. The molecule has 0 bridgehead atoms. The number of carbonyl (C=O) groups excluding carboxylic acids is 2. The first-order valence-electron chi connectivity index (χ1n) is 9.38. The van der Waals surface area contributed by atoms with Crippen LogP contribution in [0.2, 0.25) is 0 Å². The number of hydrogen-bond donors (Lipinski definition) is 2.